The van der Waals surface area contributed by atoms with E-state index in [1.807, 2.05) is 18.2 Å². The molecule has 1 fully saturated rings. The number of hydrogen-bond acceptors (Lipinski definition) is 5. The van der Waals surface area contributed by atoms with Crippen LogP contribution in [0, 0.1) is 5.92 Å². The van der Waals surface area contributed by atoms with Gasteiger partial charge in [0.15, 0.2) is 5.78 Å². The molecule has 2 N–H and O–H groups in total. The van der Waals surface area contributed by atoms with Crippen LogP contribution in [0.5, 0.6) is 0 Å². The van der Waals surface area contributed by atoms with E-state index < -0.39 is 6.09 Å². The second-order valence-electron chi connectivity index (χ2n) is 7.76. The topological polar surface area (TPSA) is 70.7 Å². The van der Waals surface area contributed by atoms with Crippen LogP contribution in [0.3, 0.4) is 0 Å². The van der Waals surface area contributed by atoms with Gasteiger partial charge < -0.3 is 10.1 Å². The minimum atomic E-state index is -0.428. The summed E-state index contributed by atoms with van der Waals surface area (Å²) in [6.07, 6.45) is 2.10. The van der Waals surface area contributed by atoms with E-state index >= 15 is 0 Å². The molecular weight excluding hydrogens is 402 g/mol. The summed E-state index contributed by atoms with van der Waals surface area (Å²) in [6.45, 7) is 3.54. The van der Waals surface area contributed by atoms with Crippen molar-refractivity contribution in [1.29, 1.82) is 0 Å². The highest BCUT2D eigenvalue weighted by Crippen LogP contribution is 2.29. The minimum absolute atomic E-state index is 0.0421. The Morgan fingerprint density at radius 1 is 1.13 bits per heavy atom. The minimum Gasteiger partial charge on any atom is -0.448 e. The lowest BCUT2D eigenvalue weighted by molar-refractivity contribution is 0.0813. The van der Waals surface area contributed by atoms with Gasteiger partial charge in [-0.05, 0) is 68.8 Å². The van der Waals surface area contributed by atoms with Gasteiger partial charge in [-0.2, -0.15) is 0 Å². The van der Waals surface area contributed by atoms with Crippen LogP contribution < -0.4 is 10.6 Å². The third-order valence-corrected chi connectivity index (χ3v) is 6.08. The summed E-state index contributed by atoms with van der Waals surface area (Å²) in [5, 5.41) is 6.78. The number of amides is 1. The van der Waals surface area contributed by atoms with E-state index in [0.717, 1.165) is 61.4 Å². The Morgan fingerprint density at radius 3 is 2.67 bits per heavy atom. The first-order valence-corrected chi connectivity index (χ1v) is 10.8. The molecule has 2 aliphatic rings. The number of hydrogen-bond donors (Lipinski definition) is 2. The number of ether oxygens (including phenoxy) is 1. The normalized spacial score (nSPS) is 16.6. The lowest BCUT2D eigenvalue weighted by Crippen LogP contribution is -2.38. The summed E-state index contributed by atoms with van der Waals surface area (Å²) in [7, 11) is 0. The molecule has 2 aliphatic heterocycles. The molecule has 0 bridgehead atoms. The predicted molar refractivity (Wildman–Crippen MR) is 119 cm³/mol. The molecule has 2 heterocycles. The molecule has 4 rings (SSSR count). The third kappa shape index (κ3) is 4.94. The molecule has 1 amide bonds. The first kappa shape index (κ1) is 20.7. The van der Waals surface area contributed by atoms with Gasteiger partial charge in [-0.25, -0.2) is 4.79 Å². The molecule has 158 valence electrons. The van der Waals surface area contributed by atoms with Crippen molar-refractivity contribution >= 4 is 34.9 Å². The number of anilines is 2. The largest absolute Gasteiger partial charge is 0.448 e. The quantitative estimate of drug-likeness (QED) is 0.666. The highest BCUT2D eigenvalue weighted by Gasteiger charge is 2.25. The number of carbonyl (C=O) groups is 2. The fourth-order valence-corrected chi connectivity index (χ4v) is 4.27. The maximum atomic E-state index is 12.6. The molecular formula is C23H26ClN3O3. The molecule has 6 nitrogen and oxygen atoms in total. The fourth-order valence-electron chi connectivity index (χ4n) is 4.14. The summed E-state index contributed by atoms with van der Waals surface area (Å²) in [5.41, 5.74) is 3.73. The van der Waals surface area contributed by atoms with E-state index in [1.165, 1.54) is 0 Å². The third-order valence-electron chi connectivity index (χ3n) is 5.83. The molecule has 0 spiro atoms. The molecule has 0 unspecified atom stereocenters. The van der Waals surface area contributed by atoms with Gasteiger partial charge in [-0.15, -0.1) is 0 Å². The van der Waals surface area contributed by atoms with Crippen LogP contribution in [-0.4, -0.2) is 49.6 Å². The van der Waals surface area contributed by atoms with E-state index in [4.69, 9.17) is 16.3 Å². The number of carbonyl (C=O) groups excluding carboxylic acids is 2. The number of nitrogens with one attached hydrogen (secondary N) is 2. The van der Waals surface area contributed by atoms with Crippen LogP contribution in [0.1, 0.15) is 28.8 Å². The number of nitrogens with zero attached hydrogens (tertiary/aromatic N) is 1. The molecule has 0 aliphatic carbocycles. The Kier molecular flexibility index (Phi) is 6.55. The van der Waals surface area contributed by atoms with Crippen molar-refractivity contribution in [3.63, 3.8) is 0 Å². The van der Waals surface area contributed by atoms with Gasteiger partial charge in [0.1, 0.15) is 6.61 Å². The van der Waals surface area contributed by atoms with Crippen LogP contribution in [-0.2, 0) is 11.2 Å². The Morgan fingerprint density at radius 2 is 1.90 bits per heavy atom. The number of Topliss-reactive ketones (excluding diaryl/α,β-unsaturated/α-hetero) is 1. The SMILES string of the molecule is O=C(Nc1cccc2c1CCN2)OCCN1CCC(C(=O)c2ccc(Cl)cc2)CC1. The van der Waals surface area contributed by atoms with E-state index in [2.05, 4.69) is 15.5 Å². The van der Waals surface area contributed by atoms with Crippen molar-refractivity contribution in [1.82, 2.24) is 4.90 Å². The average Bonchev–Trinajstić information content (AvgIpc) is 3.24. The second-order valence-corrected chi connectivity index (χ2v) is 8.19. The zero-order valence-electron chi connectivity index (χ0n) is 16.8. The molecule has 0 radical (unpaired) electrons. The van der Waals surface area contributed by atoms with Crippen LogP contribution >= 0.6 is 11.6 Å². The van der Waals surface area contributed by atoms with Crippen molar-refractivity contribution in [3.05, 3.63) is 58.6 Å². The van der Waals surface area contributed by atoms with E-state index in [9.17, 15) is 9.59 Å². The summed E-state index contributed by atoms with van der Waals surface area (Å²) in [4.78, 5) is 27.0. The van der Waals surface area contributed by atoms with Crippen molar-refractivity contribution in [2.24, 2.45) is 5.92 Å². The maximum absolute atomic E-state index is 12.6. The van der Waals surface area contributed by atoms with E-state index in [-0.39, 0.29) is 11.7 Å². The average molecular weight is 428 g/mol. The lowest BCUT2D eigenvalue weighted by Gasteiger charge is -2.31. The van der Waals surface area contributed by atoms with Crippen LogP contribution in [0.2, 0.25) is 5.02 Å². The highest BCUT2D eigenvalue weighted by molar-refractivity contribution is 6.30. The highest BCUT2D eigenvalue weighted by atomic mass is 35.5. The van der Waals surface area contributed by atoms with Crippen molar-refractivity contribution < 1.29 is 14.3 Å². The fraction of sp³-hybridized carbons (Fsp3) is 0.391. The van der Waals surface area contributed by atoms with Crippen molar-refractivity contribution in [2.45, 2.75) is 19.3 Å². The Labute approximate surface area is 181 Å². The number of halogens is 1. The number of piperidine rings is 1. The first-order chi connectivity index (χ1) is 14.6. The zero-order valence-corrected chi connectivity index (χ0v) is 17.6. The Hall–Kier alpha value is -2.57. The molecule has 0 aromatic heterocycles. The number of rotatable bonds is 6. The molecule has 0 saturated carbocycles. The number of benzene rings is 2. The summed E-state index contributed by atoms with van der Waals surface area (Å²) < 4.78 is 5.37. The molecule has 1 saturated heterocycles. The Bertz CT molecular complexity index is 908. The molecule has 30 heavy (non-hydrogen) atoms. The van der Waals surface area contributed by atoms with Gasteiger partial charge in [-0.3, -0.25) is 15.0 Å². The van der Waals surface area contributed by atoms with Gasteiger partial charge >= 0.3 is 6.09 Å². The van der Waals surface area contributed by atoms with Crippen molar-refractivity contribution in [2.75, 3.05) is 43.4 Å². The van der Waals surface area contributed by atoms with Gasteiger partial charge in [0.2, 0.25) is 0 Å². The monoisotopic (exact) mass is 427 g/mol. The van der Waals surface area contributed by atoms with Crippen LogP contribution in [0.25, 0.3) is 0 Å². The first-order valence-electron chi connectivity index (χ1n) is 10.4. The maximum Gasteiger partial charge on any atom is 0.411 e. The molecule has 0 atom stereocenters. The van der Waals surface area contributed by atoms with Gasteiger partial charge in [-0.1, -0.05) is 17.7 Å². The summed E-state index contributed by atoms with van der Waals surface area (Å²) >= 11 is 5.90. The summed E-state index contributed by atoms with van der Waals surface area (Å²) in [5.74, 6) is 0.229. The smallest absolute Gasteiger partial charge is 0.411 e. The summed E-state index contributed by atoms with van der Waals surface area (Å²) in [6, 6.07) is 12.9. The predicted octanol–water partition coefficient (Wildman–Crippen LogP) is 4.45. The van der Waals surface area contributed by atoms with Crippen LogP contribution in [0.4, 0.5) is 16.2 Å². The molecule has 2 aromatic rings. The lowest BCUT2D eigenvalue weighted by atomic mass is 9.89. The number of ketones is 1. The number of likely N-dealkylation sites (tertiary alicyclic amines) is 1. The standard InChI is InChI=1S/C23H26ClN3O3/c24-18-6-4-16(5-7-18)22(28)17-9-12-27(13-10-17)14-15-30-23(29)26-21-3-1-2-20-19(21)8-11-25-20/h1-7,17,25H,8-15H2,(H,26,29). The van der Waals surface area contributed by atoms with E-state index in [1.54, 1.807) is 24.3 Å². The van der Waals surface area contributed by atoms with Gasteiger partial charge in [0, 0.05) is 46.5 Å². The number of fused-ring (bicyclic) bond motifs is 1. The second kappa shape index (κ2) is 9.49. The Balaban J connectivity index is 1.18. The molecule has 2 aromatic carbocycles. The van der Waals surface area contributed by atoms with Crippen molar-refractivity contribution in [3.8, 4) is 0 Å². The van der Waals surface area contributed by atoms with E-state index in [0.29, 0.717) is 18.2 Å². The van der Waals surface area contributed by atoms with Gasteiger partial charge in [0.25, 0.3) is 0 Å². The zero-order chi connectivity index (χ0) is 20.9. The van der Waals surface area contributed by atoms with Gasteiger partial charge in [0.05, 0.1) is 0 Å². The molecule has 7 heteroatoms. The van der Waals surface area contributed by atoms with Crippen LogP contribution in [0.15, 0.2) is 42.5 Å².